The van der Waals surface area contributed by atoms with Gasteiger partial charge in [0.1, 0.15) is 5.75 Å². The van der Waals surface area contributed by atoms with Gasteiger partial charge < -0.3 is 10.1 Å². The topological polar surface area (TPSA) is 55.4 Å². The number of amides is 1. The Morgan fingerprint density at radius 2 is 2.12 bits per heavy atom. The Hall–Kier alpha value is -1.84. The van der Waals surface area contributed by atoms with Crippen LogP contribution in [0.1, 0.15) is 29.3 Å². The second kappa shape index (κ2) is 3.96. The smallest absolute Gasteiger partial charge is 0.224 e. The van der Waals surface area contributed by atoms with Crippen LogP contribution < -0.4 is 10.1 Å². The molecule has 1 aliphatic rings. The first-order chi connectivity index (χ1) is 7.61. The zero-order valence-corrected chi connectivity index (χ0v) is 9.29. The summed E-state index contributed by atoms with van der Waals surface area (Å²) in [4.78, 5) is 22.6. The van der Waals surface area contributed by atoms with Crippen LogP contribution in [0.3, 0.4) is 0 Å². The summed E-state index contributed by atoms with van der Waals surface area (Å²) in [6.07, 6.45) is 1.11. The Morgan fingerprint density at radius 1 is 1.38 bits per heavy atom. The number of carbonyl (C=O) groups excluding carboxylic acids is 2. The summed E-state index contributed by atoms with van der Waals surface area (Å²) in [5.74, 6) is 0.537. The Labute approximate surface area is 93.6 Å². The van der Waals surface area contributed by atoms with E-state index in [-0.39, 0.29) is 11.7 Å². The predicted octanol–water partition coefficient (Wildman–Crippen LogP) is 1.78. The maximum absolute atomic E-state index is 11.3. The molecular weight excluding hydrogens is 206 g/mol. The normalized spacial score (nSPS) is 14.0. The minimum absolute atomic E-state index is 0.00185. The number of methoxy groups -OCH3 is 1. The zero-order valence-electron chi connectivity index (χ0n) is 9.29. The highest BCUT2D eigenvalue weighted by Crippen LogP contribution is 2.33. The maximum atomic E-state index is 11.3. The van der Waals surface area contributed by atoms with Gasteiger partial charge in [0.15, 0.2) is 5.78 Å². The SMILES string of the molecule is COc1cc(C(C)=O)cc2c1NC(=O)CC2. The van der Waals surface area contributed by atoms with E-state index < -0.39 is 0 Å². The average molecular weight is 219 g/mol. The van der Waals surface area contributed by atoms with Crippen molar-refractivity contribution in [3.8, 4) is 5.75 Å². The largest absolute Gasteiger partial charge is 0.495 e. The molecule has 0 saturated heterocycles. The molecule has 84 valence electrons. The molecule has 0 unspecified atom stereocenters. The summed E-state index contributed by atoms with van der Waals surface area (Å²) in [7, 11) is 1.53. The highest BCUT2D eigenvalue weighted by molar-refractivity contribution is 5.99. The third kappa shape index (κ3) is 1.78. The number of carbonyl (C=O) groups is 2. The molecule has 16 heavy (non-hydrogen) atoms. The van der Waals surface area contributed by atoms with Crippen LogP contribution >= 0.6 is 0 Å². The van der Waals surface area contributed by atoms with E-state index in [0.717, 1.165) is 5.56 Å². The van der Waals surface area contributed by atoms with Gasteiger partial charge in [-0.3, -0.25) is 9.59 Å². The van der Waals surface area contributed by atoms with Gasteiger partial charge in [0.25, 0.3) is 0 Å². The zero-order chi connectivity index (χ0) is 11.7. The van der Waals surface area contributed by atoms with Gasteiger partial charge >= 0.3 is 0 Å². The molecule has 0 spiro atoms. The molecule has 0 aliphatic carbocycles. The molecule has 2 rings (SSSR count). The number of anilines is 1. The third-order valence-electron chi connectivity index (χ3n) is 2.70. The standard InChI is InChI=1S/C12H13NO3/c1-7(14)9-5-8-3-4-11(15)13-12(8)10(6-9)16-2/h5-6H,3-4H2,1-2H3,(H,13,15). The highest BCUT2D eigenvalue weighted by atomic mass is 16.5. The fraction of sp³-hybridized carbons (Fsp3) is 0.333. The van der Waals surface area contributed by atoms with E-state index in [1.807, 2.05) is 6.07 Å². The lowest BCUT2D eigenvalue weighted by atomic mass is 9.98. The van der Waals surface area contributed by atoms with Gasteiger partial charge in [-0.15, -0.1) is 0 Å². The summed E-state index contributed by atoms with van der Waals surface area (Å²) in [6.45, 7) is 1.52. The lowest BCUT2D eigenvalue weighted by molar-refractivity contribution is -0.116. The molecule has 0 bridgehead atoms. The van der Waals surface area contributed by atoms with Gasteiger partial charge in [-0.2, -0.15) is 0 Å². The number of rotatable bonds is 2. The number of nitrogens with one attached hydrogen (secondary N) is 1. The molecule has 4 heteroatoms. The van der Waals surface area contributed by atoms with E-state index in [2.05, 4.69) is 5.32 Å². The second-order valence-electron chi connectivity index (χ2n) is 3.82. The van der Waals surface area contributed by atoms with Crippen LogP contribution in [0.4, 0.5) is 5.69 Å². The third-order valence-corrected chi connectivity index (χ3v) is 2.70. The van der Waals surface area contributed by atoms with E-state index in [1.54, 1.807) is 6.07 Å². The lowest BCUT2D eigenvalue weighted by Crippen LogP contribution is -2.20. The summed E-state index contributed by atoms with van der Waals surface area (Å²) >= 11 is 0. The first-order valence-corrected chi connectivity index (χ1v) is 5.13. The van der Waals surface area contributed by atoms with Crippen LogP contribution in [0, 0.1) is 0 Å². The Kier molecular flexibility index (Phi) is 2.64. The van der Waals surface area contributed by atoms with Crippen molar-refractivity contribution in [2.24, 2.45) is 0 Å². The summed E-state index contributed by atoms with van der Waals surface area (Å²) in [5.41, 5.74) is 2.28. The molecular formula is C12H13NO3. The van der Waals surface area contributed by atoms with Crippen molar-refractivity contribution in [3.63, 3.8) is 0 Å². The van der Waals surface area contributed by atoms with Crippen molar-refractivity contribution >= 4 is 17.4 Å². The quantitative estimate of drug-likeness (QED) is 0.771. The van der Waals surface area contributed by atoms with Gasteiger partial charge in [0.2, 0.25) is 5.91 Å². The van der Waals surface area contributed by atoms with Crippen LogP contribution in [-0.2, 0) is 11.2 Å². The van der Waals surface area contributed by atoms with Crippen LogP contribution in [0.5, 0.6) is 5.75 Å². The number of benzene rings is 1. The lowest BCUT2D eigenvalue weighted by Gasteiger charge is -2.20. The minimum atomic E-state index is -0.0126. The molecule has 0 atom stereocenters. The molecule has 1 aromatic carbocycles. The Bertz CT molecular complexity index is 448. The number of hydrogen-bond donors (Lipinski definition) is 1. The number of hydrogen-bond acceptors (Lipinski definition) is 3. The van der Waals surface area contributed by atoms with Crippen LogP contribution in [0.25, 0.3) is 0 Å². The van der Waals surface area contributed by atoms with Crippen LogP contribution in [-0.4, -0.2) is 18.8 Å². The Balaban J connectivity index is 2.54. The predicted molar refractivity (Wildman–Crippen MR) is 59.9 cm³/mol. The van der Waals surface area contributed by atoms with Crippen molar-refractivity contribution in [2.45, 2.75) is 19.8 Å². The molecule has 4 nitrogen and oxygen atoms in total. The summed E-state index contributed by atoms with van der Waals surface area (Å²) in [5, 5.41) is 2.77. The summed E-state index contributed by atoms with van der Waals surface area (Å²) in [6, 6.07) is 3.48. The van der Waals surface area contributed by atoms with Crippen LogP contribution in [0.15, 0.2) is 12.1 Å². The summed E-state index contributed by atoms with van der Waals surface area (Å²) < 4.78 is 5.18. The molecule has 1 N–H and O–H groups in total. The van der Waals surface area contributed by atoms with Crippen LogP contribution in [0.2, 0.25) is 0 Å². The Morgan fingerprint density at radius 3 is 2.75 bits per heavy atom. The van der Waals surface area contributed by atoms with Gasteiger partial charge in [-0.05, 0) is 31.0 Å². The molecule has 0 radical (unpaired) electrons. The number of Topliss-reactive ketones (excluding diaryl/α,β-unsaturated/α-hetero) is 1. The fourth-order valence-electron chi connectivity index (χ4n) is 1.83. The number of ether oxygens (including phenoxy) is 1. The first kappa shape index (κ1) is 10.7. The fourth-order valence-corrected chi connectivity index (χ4v) is 1.83. The molecule has 1 aliphatic heterocycles. The van der Waals surface area contributed by atoms with E-state index in [4.69, 9.17) is 4.74 Å². The van der Waals surface area contributed by atoms with Crippen molar-refractivity contribution < 1.29 is 14.3 Å². The van der Waals surface area contributed by atoms with Gasteiger partial charge in [0.05, 0.1) is 12.8 Å². The van der Waals surface area contributed by atoms with Crippen molar-refractivity contribution in [1.29, 1.82) is 0 Å². The number of fused-ring (bicyclic) bond motifs is 1. The van der Waals surface area contributed by atoms with E-state index in [1.165, 1.54) is 14.0 Å². The van der Waals surface area contributed by atoms with Crippen molar-refractivity contribution in [1.82, 2.24) is 0 Å². The van der Waals surface area contributed by atoms with Crippen molar-refractivity contribution in [2.75, 3.05) is 12.4 Å². The highest BCUT2D eigenvalue weighted by Gasteiger charge is 2.20. The molecule has 0 fully saturated rings. The molecule has 0 saturated carbocycles. The average Bonchev–Trinajstić information content (AvgIpc) is 2.27. The number of ketones is 1. The van der Waals surface area contributed by atoms with E-state index >= 15 is 0 Å². The van der Waals surface area contributed by atoms with Crippen molar-refractivity contribution in [3.05, 3.63) is 23.3 Å². The maximum Gasteiger partial charge on any atom is 0.224 e. The molecule has 1 amide bonds. The number of aryl methyl sites for hydroxylation is 1. The first-order valence-electron chi connectivity index (χ1n) is 5.13. The monoisotopic (exact) mass is 219 g/mol. The molecule has 0 aromatic heterocycles. The van der Waals surface area contributed by atoms with Gasteiger partial charge in [-0.1, -0.05) is 0 Å². The minimum Gasteiger partial charge on any atom is -0.495 e. The van der Waals surface area contributed by atoms with E-state index in [9.17, 15) is 9.59 Å². The molecule has 1 heterocycles. The van der Waals surface area contributed by atoms with E-state index in [0.29, 0.717) is 29.8 Å². The second-order valence-corrected chi connectivity index (χ2v) is 3.82. The van der Waals surface area contributed by atoms with Gasteiger partial charge in [0, 0.05) is 12.0 Å². The molecule has 1 aromatic rings. The van der Waals surface area contributed by atoms with Gasteiger partial charge in [-0.25, -0.2) is 0 Å².